The molecule has 24 heavy (non-hydrogen) atoms. The molecule has 5 nitrogen and oxygen atoms in total. The molecule has 1 aromatic heterocycles. The molecular formula is C17H28IN3O2S. The second-order valence-electron chi connectivity index (χ2n) is 6.88. The normalized spacial score (nSPS) is 18.3. The average molecular weight is 465 g/mol. The van der Waals surface area contributed by atoms with Gasteiger partial charge in [-0.25, -0.2) is 0 Å². The molecule has 1 aromatic rings. The molecule has 1 atom stereocenters. The Balaban J connectivity index is 0.00000288. The largest absolute Gasteiger partial charge is 0.460 e. The SMILES string of the molecule is CN=C(NCc1ccc(C)s1)N1CCC(C(=O)OC(C)(C)C)C1.I. The van der Waals surface area contributed by atoms with Crippen molar-refractivity contribution >= 4 is 47.2 Å². The first-order valence-corrected chi connectivity index (χ1v) is 8.84. The fourth-order valence-corrected chi connectivity index (χ4v) is 3.44. The van der Waals surface area contributed by atoms with Gasteiger partial charge in [0.25, 0.3) is 0 Å². The van der Waals surface area contributed by atoms with Gasteiger partial charge in [-0.05, 0) is 46.2 Å². The summed E-state index contributed by atoms with van der Waals surface area (Å²) in [5.41, 5.74) is -0.429. The van der Waals surface area contributed by atoms with Crippen molar-refractivity contribution in [1.82, 2.24) is 10.2 Å². The number of carbonyl (C=O) groups is 1. The predicted molar refractivity (Wildman–Crippen MR) is 110 cm³/mol. The Bertz CT molecular complexity index is 581. The molecule has 2 heterocycles. The Hall–Kier alpha value is -0.830. The summed E-state index contributed by atoms with van der Waals surface area (Å²) < 4.78 is 5.49. The van der Waals surface area contributed by atoms with E-state index in [1.165, 1.54) is 9.75 Å². The van der Waals surface area contributed by atoms with E-state index in [0.29, 0.717) is 6.54 Å². The number of aryl methyl sites for hydroxylation is 1. The number of nitrogens with zero attached hydrogens (tertiary/aromatic N) is 2. The van der Waals surface area contributed by atoms with E-state index in [9.17, 15) is 4.79 Å². The monoisotopic (exact) mass is 465 g/mol. The third-order valence-corrected chi connectivity index (χ3v) is 4.66. The lowest BCUT2D eigenvalue weighted by atomic mass is 10.1. The Labute approximate surface area is 165 Å². The number of hydrogen-bond donors (Lipinski definition) is 1. The van der Waals surface area contributed by atoms with E-state index >= 15 is 0 Å². The van der Waals surface area contributed by atoms with Crippen LogP contribution in [0, 0.1) is 12.8 Å². The van der Waals surface area contributed by atoms with Crippen LogP contribution >= 0.6 is 35.3 Å². The summed E-state index contributed by atoms with van der Waals surface area (Å²) in [5, 5.41) is 3.38. The number of aliphatic imine (C=N–C) groups is 1. The smallest absolute Gasteiger partial charge is 0.311 e. The van der Waals surface area contributed by atoms with Crippen LogP contribution in [-0.2, 0) is 16.1 Å². The molecule has 1 aliphatic rings. The number of rotatable bonds is 3. The summed E-state index contributed by atoms with van der Waals surface area (Å²) in [4.78, 5) is 21.3. The van der Waals surface area contributed by atoms with Crippen LogP contribution in [0.4, 0.5) is 0 Å². The molecule has 0 saturated carbocycles. The van der Waals surface area contributed by atoms with E-state index in [4.69, 9.17) is 4.74 Å². The lowest BCUT2D eigenvalue weighted by Gasteiger charge is -2.23. The first-order chi connectivity index (χ1) is 10.8. The number of guanidine groups is 1. The van der Waals surface area contributed by atoms with Crippen LogP contribution in [0.5, 0.6) is 0 Å². The minimum absolute atomic E-state index is 0. The molecule has 0 radical (unpaired) electrons. The molecule has 1 aliphatic heterocycles. The molecule has 7 heteroatoms. The number of carbonyl (C=O) groups excluding carboxylic acids is 1. The average Bonchev–Trinajstić information content (AvgIpc) is 3.07. The molecule has 1 fully saturated rings. The van der Waals surface area contributed by atoms with Gasteiger partial charge in [-0.2, -0.15) is 0 Å². The van der Waals surface area contributed by atoms with Crippen LogP contribution in [-0.4, -0.2) is 42.6 Å². The van der Waals surface area contributed by atoms with Gasteiger partial charge in [0.1, 0.15) is 5.60 Å². The van der Waals surface area contributed by atoms with E-state index in [2.05, 4.69) is 34.3 Å². The maximum absolute atomic E-state index is 12.2. The standard InChI is InChI=1S/C17H27N3O2S.HI/c1-12-6-7-14(23-12)10-19-16(18-5)20-9-8-13(11-20)15(21)22-17(2,3)4;/h6-7,13H,8-11H2,1-5H3,(H,18,19);1H. The van der Waals surface area contributed by atoms with Crippen molar-refractivity contribution in [1.29, 1.82) is 0 Å². The maximum Gasteiger partial charge on any atom is 0.311 e. The van der Waals surface area contributed by atoms with E-state index in [-0.39, 0.29) is 35.9 Å². The highest BCUT2D eigenvalue weighted by Gasteiger charge is 2.33. The summed E-state index contributed by atoms with van der Waals surface area (Å²) in [7, 11) is 1.78. The molecule has 0 spiro atoms. The Kier molecular flexibility index (Phi) is 7.98. The minimum atomic E-state index is -0.429. The van der Waals surface area contributed by atoms with Gasteiger partial charge in [0.05, 0.1) is 12.5 Å². The molecule has 1 saturated heterocycles. The number of halogens is 1. The fraction of sp³-hybridized carbons (Fsp3) is 0.647. The van der Waals surface area contributed by atoms with Crippen LogP contribution in [0.3, 0.4) is 0 Å². The third kappa shape index (κ3) is 6.23. The predicted octanol–water partition coefficient (Wildman–Crippen LogP) is 3.41. The van der Waals surface area contributed by atoms with Crippen molar-refractivity contribution in [2.24, 2.45) is 10.9 Å². The Morgan fingerprint density at radius 1 is 1.46 bits per heavy atom. The first kappa shape index (κ1) is 21.2. The molecule has 0 aromatic carbocycles. The number of esters is 1. The van der Waals surface area contributed by atoms with Crippen molar-refractivity contribution in [3.63, 3.8) is 0 Å². The molecule has 1 unspecified atom stereocenters. The topological polar surface area (TPSA) is 53.9 Å². The first-order valence-electron chi connectivity index (χ1n) is 8.02. The number of hydrogen-bond acceptors (Lipinski definition) is 4. The zero-order valence-corrected chi connectivity index (χ0v) is 18.2. The van der Waals surface area contributed by atoms with Crippen molar-refractivity contribution in [3.05, 3.63) is 21.9 Å². The second-order valence-corrected chi connectivity index (χ2v) is 8.25. The van der Waals surface area contributed by atoms with Crippen LogP contribution in [0.25, 0.3) is 0 Å². The lowest BCUT2D eigenvalue weighted by molar-refractivity contribution is -0.159. The van der Waals surface area contributed by atoms with Gasteiger partial charge in [0.2, 0.25) is 0 Å². The van der Waals surface area contributed by atoms with E-state index < -0.39 is 5.60 Å². The molecule has 0 bridgehead atoms. The quantitative estimate of drug-likeness (QED) is 0.322. The van der Waals surface area contributed by atoms with Gasteiger partial charge in [-0.1, -0.05) is 0 Å². The van der Waals surface area contributed by atoms with Crippen molar-refractivity contribution in [3.8, 4) is 0 Å². The number of thiophene rings is 1. The Morgan fingerprint density at radius 3 is 2.71 bits per heavy atom. The highest BCUT2D eigenvalue weighted by atomic mass is 127. The highest BCUT2D eigenvalue weighted by Crippen LogP contribution is 2.21. The molecule has 136 valence electrons. The Morgan fingerprint density at radius 2 is 2.17 bits per heavy atom. The van der Waals surface area contributed by atoms with Crippen LogP contribution in [0.2, 0.25) is 0 Å². The minimum Gasteiger partial charge on any atom is -0.460 e. The lowest BCUT2D eigenvalue weighted by Crippen LogP contribution is -2.40. The number of ether oxygens (including phenoxy) is 1. The summed E-state index contributed by atoms with van der Waals surface area (Å²) in [6.07, 6.45) is 0.813. The zero-order valence-electron chi connectivity index (χ0n) is 15.1. The number of nitrogens with one attached hydrogen (secondary N) is 1. The van der Waals surface area contributed by atoms with Crippen molar-refractivity contribution in [2.75, 3.05) is 20.1 Å². The van der Waals surface area contributed by atoms with Gasteiger partial charge >= 0.3 is 5.97 Å². The fourth-order valence-electron chi connectivity index (χ4n) is 2.61. The molecule has 0 aliphatic carbocycles. The van der Waals surface area contributed by atoms with Gasteiger partial charge in [-0.3, -0.25) is 9.79 Å². The maximum atomic E-state index is 12.2. The van der Waals surface area contributed by atoms with Crippen LogP contribution < -0.4 is 5.32 Å². The van der Waals surface area contributed by atoms with E-state index in [0.717, 1.165) is 25.5 Å². The van der Waals surface area contributed by atoms with Gasteiger partial charge in [0, 0.05) is 29.9 Å². The molecule has 1 N–H and O–H groups in total. The van der Waals surface area contributed by atoms with Crippen LogP contribution in [0.1, 0.15) is 36.9 Å². The van der Waals surface area contributed by atoms with E-state index in [1.54, 1.807) is 18.4 Å². The number of likely N-dealkylation sites (tertiary alicyclic amines) is 1. The van der Waals surface area contributed by atoms with Gasteiger partial charge < -0.3 is 15.0 Å². The zero-order chi connectivity index (χ0) is 17.0. The van der Waals surface area contributed by atoms with Gasteiger partial charge in [-0.15, -0.1) is 35.3 Å². The summed E-state index contributed by atoms with van der Waals surface area (Å²) in [5.74, 6) is 0.670. The summed E-state index contributed by atoms with van der Waals surface area (Å²) >= 11 is 1.78. The second kappa shape index (κ2) is 9.03. The molecule has 2 rings (SSSR count). The van der Waals surface area contributed by atoms with Crippen LogP contribution in [0.15, 0.2) is 17.1 Å². The van der Waals surface area contributed by atoms with Crippen molar-refractivity contribution in [2.45, 2.75) is 46.3 Å². The molecular weight excluding hydrogens is 437 g/mol. The summed E-state index contributed by atoms with van der Waals surface area (Å²) in [6.45, 7) is 10.1. The van der Waals surface area contributed by atoms with Crippen molar-refractivity contribution < 1.29 is 9.53 Å². The molecule has 0 amide bonds. The summed E-state index contributed by atoms with van der Waals surface area (Å²) in [6, 6.07) is 4.26. The third-order valence-electron chi connectivity index (χ3n) is 3.66. The van der Waals surface area contributed by atoms with Gasteiger partial charge in [0.15, 0.2) is 5.96 Å². The highest BCUT2D eigenvalue weighted by molar-refractivity contribution is 14.0. The van der Waals surface area contributed by atoms with E-state index in [1.807, 2.05) is 20.8 Å².